The Kier molecular flexibility index (Phi) is 18.8. The molecule has 0 bridgehead atoms. The first-order valence-corrected chi connectivity index (χ1v) is 6.47. The van der Waals surface area contributed by atoms with Crippen LogP contribution < -0.4 is 0 Å². The smallest absolute Gasteiger partial charge is 0.414 e. The fourth-order valence-corrected chi connectivity index (χ4v) is 1.42. The van der Waals surface area contributed by atoms with E-state index < -0.39 is 11.9 Å². The van der Waals surface area contributed by atoms with Crippen molar-refractivity contribution in [2.75, 3.05) is 30.7 Å². The van der Waals surface area contributed by atoms with Gasteiger partial charge in [-0.1, -0.05) is 0 Å². The molecule has 7 nitrogen and oxygen atoms in total. The molecule has 0 atom stereocenters. The van der Waals surface area contributed by atoms with Crippen molar-refractivity contribution in [1.29, 1.82) is 5.41 Å². The molecule has 0 amide bonds. The second-order valence-electron chi connectivity index (χ2n) is 2.86. The highest BCUT2D eigenvalue weighted by Gasteiger charge is 2.06. The molecule has 0 aromatic rings. The highest BCUT2D eigenvalue weighted by atomic mass is 35.5. The van der Waals surface area contributed by atoms with E-state index in [0.717, 1.165) is 0 Å². The molecule has 0 unspecified atom stereocenters. The number of alkyl halides is 3. The molecule has 0 saturated heterocycles. The molecule has 0 radical (unpaired) electrons. The van der Waals surface area contributed by atoms with Gasteiger partial charge >= 0.3 is 11.9 Å². The standard InChI is InChI=1S/C7H13Cl3N2.C2H2O4.H2O/c8-2-1-7(11)12(5-3-9)6-4-10;3-1(4)2(5)6;/h11H,1-6H2;(H,3,4)(H,5,6);1H2. The van der Waals surface area contributed by atoms with Crippen molar-refractivity contribution in [2.45, 2.75) is 6.42 Å². The summed E-state index contributed by atoms with van der Waals surface area (Å²) in [5.74, 6) is -1.63. The minimum absolute atomic E-state index is 0. The highest BCUT2D eigenvalue weighted by molar-refractivity contribution is 6.27. The van der Waals surface area contributed by atoms with Gasteiger partial charge in [-0.25, -0.2) is 9.59 Å². The summed E-state index contributed by atoms with van der Waals surface area (Å²) in [7, 11) is 0. The van der Waals surface area contributed by atoms with Crippen molar-refractivity contribution in [1.82, 2.24) is 4.90 Å². The summed E-state index contributed by atoms with van der Waals surface area (Å²) in [5.41, 5.74) is 0. The van der Waals surface area contributed by atoms with Gasteiger partial charge < -0.3 is 20.6 Å². The Morgan fingerprint density at radius 2 is 1.32 bits per heavy atom. The summed E-state index contributed by atoms with van der Waals surface area (Å²) in [6, 6.07) is 0. The van der Waals surface area contributed by atoms with E-state index in [-0.39, 0.29) is 5.48 Å². The summed E-state index contributed by atoms with van der Waals surface area (Å²) in [5, 5.41) is 22.4. The zero-order valence-electron chi connectivity index (χ0n) is 10.0. The topological polar surface area (TPSA) is 133 Å². The van der Waals surface area contributed by atoms with Crippen LogP contribution in [0.4, 0.5) is 0 Å². The van der Waals surface area contributed by atoms with E-state index in [4.69, 9.17) is 60.0 Å². The van der Waals surface area contributed by atoms with Crippen molar-refractivity contribution >= 4 is 52.6 Å². The Balaban J connectivity index is -0.000000313. The van der Waals surface area contributed by atoms with Gasteiger partial charge in [0.05, 0.1) is 5.84 Å². The Morgan fingerprint density at radius 3 is 1.53 bits per heavy atom. The molecule has 0 saturated carbocycles. The highest BCUT2D eigenvalue weighted by Crippen LogP contribution is 1.98. The van der Waals surface area contributed by atoms with E-state index in [0.29, 0.717) is 43.0 Å². The SMILES string of the molecule is N=C(CCCl)N(CCCl)CCCl.O.O=C(O)C(=O)O. The summed E-state index contributed by atoms with van der Waals surface area (Å²) >= 11 is 16.6. The van der Waals surface area contributed by atoms with Gasteiger partial charge in [0, 0.05) is 37.2 Å². The lowest BCUT2D eigenvalue weighted by Gasteiger charge is -2.22. The van der Waals surface area contributed by atoms with Crippen molar-refractivity contribution < 1.29 is 25.3 Å². The number of nitrogens with one attached hydrogen (secondary N) is 1. The van der Waals surface area contributed by atoms with E-state index in [1.807, 2.05) is 4.90 Å². The quantitative estimate of drug-likeness (QED) is 0.283. The van der Waals surface area contributed by atoms with Crippen LogP contribution in [0.15, 0.2) is 0 Å². The molecule has 0 spiro atoms. The predicted octanol–water partition coefficient (Wildman–Crippen LogP) is 0.703. The van der Waals surface area contributed by atoms with Gasteiger partial charge in [-0.3, -0.25) is 5.41 Å². The number of carboxylic acids is 2. The minimum Gasteiger partial charge on any atom is -0.473 e. The van der Waals surface area contributed by atoms with Crippen LogP contribution in [-0.4, -0.2) is 69.1 Å². The van der Waals surface area contributed by atoms with Crippen LogP contribution in [-0.2, 0) is 9.59 Å². The molecule has 0 heterocycles. The number of nitrogens with zero attached hydrogens (tertiary/aromatic N) is 1. The van der Waals surface area contributed by atoms with Crippen molar-refractivity contribution in [3.05, 3.63) is 0 Å². The zero-order valence-corrected chi connectivity index (χ0v) is 12.3. The monoisotopic (exact) mass is 338 g/mol. The lowest BCUT2D eigenvalue weighted by Crippen LogP contribution is -2.34. The lowest BCUT2D eigenvalue weighted by molar-refractivity contribution is -0.159. The second-order valence-corrected chi connectivity index (χ2v) is 3.99. The van der Waals surface area contributed by atoms with Crippen LogP contribution in [0, 0.1) is 5.41 Å². The van der Waals surface area contributed by atoms with E-state index in [1.54, 1.807) is 0 Å². The third kappa shape index (κ3) is 15.2. The van der Waals surface area contributed by atoms with Crippen LogP contribution in [0.1, 0.15) is 6.42 Å². The van der Waals surface area contributed by atoms with E-state index in [1.165, 1.54) is 0 Å². The number of hydrogen-bond donors (Lipinski definition) is 3. The summed E-state index contributed by atoms with van der Waals surface area (Å²) < 4.78 is 0. The van der Waals surface area contributed by atoms with Gasteiger partial charge in [0.2, 0.25) is 0 Å². The molecule has 5 N–H and O–H groups in total. The van der Waals surface area contributed by atoms with Crippen LogP contribution in [0.2, 0.25) is 0 Å². The number of amidine groups is 1. The van der Waals surface area contributed by atoms with Crippen molar-refractivity contribution in [2.24, 2.45) is 0 Å². The fourth-order valence-electron chi connectivity index (χ4n) is 0.833. The summed E-state index contributed by atoms with van der Waals surface area (Å²) in [6.07, 6.45) is 0.579. The molecule has 0 aromatic heterocycles. The molecule has 0 aliphatic carbocycles. The van der Waals surface area contributed by atoms with Crippen LogP contribution in [0.3, 0.4) is 0 Å². The van der Waals surface area contributed by atoms with E-state index >= 15 is 0 Å². The lowest BCUT2D eigenvalue weighted by atomic mass is 10.3. The molecule has 0 fully saturated rings. The van der Waals surface area contributed by atoms with Gasteiger partial charge in [0.1, 0.15) is 0 Å². The van der Waals surface area contributed by atoms with Crippen molar-refractivity contribution in [3.8, 4) is 0 Å². The third-order valence-electron chi connectivity index (χ3n) is 1.60. The average Bonchev–Trinajstić information content (AvgIpc) is 2.29. The van der Waals surface area contributed by atoms with Crippen LogP contribution in [0.25, 0.3) is 0 Å². The molecule has 0 rings (SSSR count). The maximum atomic E-state index is 9.10. The molecule has 0 aromatic carbocycles. The molecule has 114 valence electrons. The molecule has 0 aliphatic heterocycles. The molecule has 0 aliphatic rings. The summed E-state index contributed by atoms with van der Waals surface area (Å²) in [4.78, 5) is 20.0. The first-order valence-electron chi connectivity index (χ1n) is 4.87. The number of halogens is 3. The normalized spacial score (nSPS) is 8.58. The average molecular weight is 340 g/mol. The minimum atomic E-state index is -1.82. The Morgan fingerprint density at radius 1 is 0.947 bits per heavy atom. The van der Waals surface area contributed by atoms with Gasteiger partial charge in [-0.05, 0) is 0 Å². The van der Waals surface area contributed by atoms with Crippen LogP contribution >= 0.6 is 34.8 Å². The van der Waals surface area contributed by atoms with Crippen molar-refractivity contribution in [3.63, 3.8) is 0 Å². The number of aliphatic carboxylic acids is 2. The fraction of sp³-hybridized carbons (Fsp3) is 0.667. The first-order chi connectivity index (χ1) is 8.40. The van der Waals surface area contributed by atoms with Gasteiger partial charge in [-0.2, -0.15) is 0 Å². The Bertz CT molecular complexity index is 261. The molecular formula is C9H17Cl3N2O5. The third-order valence-corrected chi connectivity index (χ3v) is 2.13. The van der Waals surface area contributed by atoms with E-state index in [9.17, 15) is 0 Å². The van der Waals surface area contributed by atoms with Gasteiger partial charge in [-0.15, -0.1) is 34.8 Å². The Labute approximate surface area is 125 Å². The molecular weight excluding hydrogens is 322 g/mol. The molecule has 19 heavy (non-hydrogen) atoms. The zero-order chi connectivity index (χ0) is 14.6. The Hall–Kier alpha value is -0.760. The maximum absolute atomic E-state index is 9.10. The van der Waals surface area contributed by atoms with Gasteiger partial charge in [0.25, 0.3) is 0 Å². The summed E-state index contributed by atoms with van der Waals surface area (Å²) in [6.45, 7) is 1.34. The van der Waals surface area contributed by atoms with E-state index in [2.05, 4.69) is 0 Å². The number of rotatable bonds is 6. The second kappa shape index (κ2) is 15.3. The first kappa shape index (κ1) is 23.3. The van der Waals surface area contributed by atoms with Crippen LogP contribution in [0.5, 0.6) is 0 Å². The number of carbonyl (C=O) groups is 2. The predicted molar refractivity (Wildman–Crippen MR) is 75.0 cm³/mol. The van der Waals surface area contributed by atoms with Gasteiger partial charge in [0.15, 0.2) is 0 Å². The maximum Gasteiger partial charge on any atom is 0.414 e. The largest absolute Gasteiger partial charge is 0.473 e. The molecule has 10 heteroatoms. The number of hydrogen-bond acceptors (Lipinski definition) is 3. The number of carboxylic acid groups (broad SMARTS) is 2.